The standard InChI is InChI=1S/C14H16N4O3/c1-17(7-10-6-15-18(2)8-10)14(19)16-11-3-4-12-13(5-11)21-9-20-12/h3-6,8H,7,9H2,1-2H3,(H,16,19). The number of nitrogens with zero attached hydrogens (tertiary/aromatic N) is 3. The van der Waals surface area contributed by atoms with E-state index in [0.717, 1.165) is 5.56 Å². The number of aromatic nitrogens is 2. The summed E-state index contributed by atoms with van der Waals surface area (Å²) in [4.78, 5) is 13.7. The second kappa shape index (κ2) is 5.35. The molecule has 0 bridgehead atoms. The van der Waals surface area contributed by atoms with E-state index in [4.69, 9.17) is 9.47 Å². The summed E-state index contributed by atoms with van der Waals surface area (Å²) in [5, 5.41) is 6.90. The van der Waals surface area contributed by atoms with Gasteiger partial charge in [-0.25, -0.2) is 4.79 Å². The summed E-state index contributed by atoms with van der Waals surface area (Å²) < 4.78 is 12.2. The minimum atomic E-state index is -0.197. The lowest BCUT2D eigenvalue weighted by Crippen LogP contribution is -2.30. The Balaban J connectivity index is 1.63. The Morgan fingerprint density at radius 1 is 1.43 bits per heavy atom. The van der Waals surface area contributed by atoms with Crippen molar-refractivity contribution in [2.75, 3.05) is 19.2 Å². The Bertz CT molecular complexity index is 668. The number of hydrogen-bond donors (Lipinski definition) is 1. The van der Waals surface area contributed by atoms with Crippen molar-refractivity contribution in [3.63, 3.8) is 0 Å². The van der Waals surface area contributed by atoms with Gasteiger partial charge in [-0.1, -0.05) is 0 Å². The van der Waals surface area contributed by atoms with Crippen LogP contribution in [0.4, 0.5) is 10.5 Å². The van der Waals surface area contributed by atoms with E-state index in [-0.39, 0.29) is 12.8 Å². The van der Waals surface area contributed by atoms with Crippen molar-refractivity contribution in [2.45, 2.75) is 6.54 Å². The van der Waals surface area contributed by atoms with Crippen LogP contribution in [0.25, 0.3) is 0 Å². The van der Waals surface area contributed by atoms with Crippen molar-refractivity contribution < 1.29 is 14.3 Å². The molecule has 1 aromatic carbocycles. The molecule has 1 aromatic heterocycles. The molecule has 7 nitrogen and oxygen atoms in total. The van der Waals surface area contributed by atoms with Gasteiger partial charge in [-0.2, -0.15) is 5.10 Å². The molecule has 2 heterocycles. The molecular formula is C14H16N4O3. The maximum atomic E-state index is 12.1. The Kier molecular flexibility index (Phi) is 3.39. The van der Waals surface area contributed by atoms with E-state index < -0.39 is 0 Å². The zero-order valence-electron chi connectivity index (χ0n) is 11.9. The molecule has 1 N–H and O–H groups in total. The van der Waals surface area contributed by atoms with Gasteiger partial charge in [-0.15, -0.1) is 0 Å². The van der Waals surface area contributed by atoms with Crippen molar-refractivity contribution in [2.24, 2.45) is 7.05 Å². The highest BCUT2D eigenvalue weighted by Gasteiger charge is 2.15. The molecule has 2 amide bonds. The molecule has 0 saturated carbocycles. The van der Waals surface area contributed by atoms with E-state index in [0.29, 0.717) is 23.7 Å². The van der Waals surface area contributed by atoms with E-state index in [1.807, 2.05) is 13.2 Å². The number of fused-ring (bicyclic) bond motifs is 1. The maximum Gasteiger partial charge on any atom is 0.321 e. The predicted octanol–water partition coefficient (Wildman–Crippen LogP) is 1.81. The molecule has 3 rings (SSSR count). The van der Waals surface area contributed by atoms with Crippen LogP contribution in [0.2, 0.25) is 0 Å². The fourth-order valence-electron chi connectivity index (χ4n) is 2.09. The van der Waals surface area contributed by atoms with Crippen molar-refractivity contribution in [1.29, 1.82) is 0 Å². The molecule has 7 heteroatoms. The first-order chi connectivity index (χ1) is 10.1. The quantitative estimate of drug-likeness (QED) is 0.935. The average Bonchev–Trinajstić information content (AvgIpc) is 3.07. The number of ether oxygens (including phenoxy) is 2. The van der Waals surface area contributed by atoms with Gasteiger partial charge in [0.25, 0.3) is 0 Å². The molecule has 0 atom stereocenters. The van der Waals surface area contributed by atoms with Crippen LogP contribution in [0.3, 0.4) is 0 Å². The van der Waals surface area contributed by atoms with E-state index in [1.165, 1.54) is 0 Å². The lowest BCUT2D eigenvalue weighted by Gasteiger charge is -2.17. The highest BCUT2D eigenvalue weighted by molar-refractivity contribution is 5.89. The third-order valence-corrected chi connectivity index (χ3v) is 3.15. The number of carbonyl (C=O) groups is 1. The average molecular weight is 288 g/mol. The van der Waals surface area contributed by atoms with Gasteiger partial charge in [0.15, 0.2) is 11.5 Å². The van der Waals surface area contributed by atoms with Crippen LogP contribution in [0, 0.1) is 0 Å². The summed E-state index contributed by atoms with van der Waals surface area (Å²) in [7, 11) is 3.57. The zero-order chi connectivity index (χ0) is 14.8. The summed E-state index contributed by atoms with van der Waals surface area (Å²) in [6, 6.07) is 5.11. The van der Waals surface area contributed by atoms with Crippen LogP contribution in [-0.4, -0.2) is 34.6 Å². The van der Waals surface area contributed by atoms with E-state index in [2.05, 4.69) is 10.4 Å². The monoisotopic (exact) mass is 288 g/mol. The third-order valence-electron chi connectivity index (χ3n) is 3.15. The fourth-order valence-corrected chi connectivity index (χ4v) is 2.09. The predicted molar refractivity (Wildman–Crippen MR) is 76.3 cm³/mol. The summed E-state index contributed by atoms with van der Waals surface area (Å²) >= 11 is 0. The van der Waals surface area contributed by atoms with Crippen LogP contribution in [0.15, 0.2) is 30.6 Å². The van der Waals surface area contributed by atoms with Gasteiger partial charge in [0.2, 0.25) is 6.79 Å². The van der Waals surface area contributed by atoms with Crippen LogP contribution < -0.4 is 14.8 Å². The van der Waals surface area contributed by atoms with E-state index in [1.54, 1.807) is 41.0 Å². The van der Waals surface area contributed by atoms with Crippen molar-refractivity contribution >= 4 is 11.7 Å². The van der Waals surface area contributed by atoms with Gasteiger partial charge >= 0.3 is 6.03 Å². The summed E-state index contributed by atoms with van der Waals surface area (Å²) in [5.41, 5.74) is 1.64. The first kappa shape index (κ1) is 13.3. The Hall–Kier alpha value is -2.70. The molecule has 0 saturated heterocycles. The molecule has 0 aliphatic carbocycles. The number of nitrogens with one attached hydrogen (secondary N) is 1. The van der Waals surface area contributed by atoms with Crippen LogP contribution >= 0.6 is 0 Å². The molecule has 0 fully saturated rings. The molecule has 0 spiro atoms. The zero-order valence-corrected chi connectivity index (χ0v) is 11.9. The van der Waals surface area contributed by atoms with Crippen LogP contribution in [0.1, 0.15) is 5.56 Å². The number of urea groups is 1. The van der Waals surface area contributed by atoms with Crippen molar-refractivity contribution in [3.05, 3.63) is 36.2 Å². The van der Waals surface area contributed by atoms with Gasteiger partial charge in [-0.05, 0) is 12.1 Å². The lowest BCUT2D eigenvalue weighted by molar-refractivity contribution is 0.174. The number of carbonyl (C=O) groups excluding carboxylic acids is 1. The smallest absolute Gasteiger partial charge is 0.321 e. The summed E-state index contributed by atoms with van der Waals surface area (Å²) in [5.74, 6) is 1.33. The SMILES string of the molecule is CN(Cc1cnn(C)c1)C(=O)Nc1ccc2c(c1)OCO2. The van der Waals surface area contributed by atoms with Crippen molar-refractivity contribution in [1.82, 2.24) is 14.7 Å². The van der Waals surface area contributed by atoms with Gasteiger partial charge < -0.3 is 19.7 Å². The lowest BCUT2D eigenvalue weighted by atomic mass is 10.3. The first-order valence-corrected chi connectivity index (χ1v) is 6.51. The number of anilines is 1. The number of aryl methyl sites for hydroxylation is 1. The van der Waals surface area contributed by atoms with Gasteiger partial charge in [0.05, 0.1) is 12.7 Å². The summed E-state index contributed by atoms with van der Waals surface area (Å²) in [6.07, 6.45) is 3.62. The molecule has 0 unspecified atom stereocenters. The van der Waals surface area contributed by atoms with Crippen LogP contribution in [0.5, 0.6) is 11.5 Å². The molecule has 0 radical (unpaired) electrons. The Morgan fingerprint density at radius 2 is 2.24 bits per heavy atom. The number of rotatable bonds is 3. The maximum absolute atomic E-state index is 12.1. The Labute approximate surface area is 122 Å². The second-order valence-electron chi connectivity index (χ2n) is 4.88. The van der Waals surface area contributed by atoms with E-state index >= 15 is 0 Å². The molecule has 21 heavy (non-hydrogen) atoms. The normalized spacial score (nSPS) is 12.3. The van der Waals surface area contributed by atoms with Gasteiger partial charge in [0, 0.05) is 37.6 Å². The first-order valence-electron chi connectivity index (χ1n) is 6.51. The Morgan fingerprint density at radius 3 is 3.00 bits per heavy atom. The second-order valence-corrected chi connectivity index (χ2v) is 4.88. The highest BCUT2D eigenvalue weighted by atomic mass is 16.7. The third kappa shape index (κ3) is 2.91. The topological polar surface area (TPSA) is 68.6 Å². The number of hydrogen-bond acceptors (Lipinski definition) is 4. The number of benzene rings is 1. The van der Waals surface area contributed by atoms with Crippen LogP contribution in [-0.2, 0) is 13.6 Å². The molecule has 1 aliphatic heterocycles. The highest BCUT2D eigenvalue weighted by Crippen LogP contribution is 2.34. The summed E-state index contributed by atoms with van der Waals surface area (Å²) in [6.45, 7) is 0.706. The molecule has 2 aromatic rings. The number of amides is 2. The van der Waals surface area contributed by atoms with Gasteiger partial charge in [-0.3, -0.25) is 4.68 Å². The molecular weight excluding hydrogens is 272 g/mol. The minimum absolute atomic E-state index is 0.197. The van der Waals surface area contributed by atoms with E-state index in [9.17, 15) is 4.79 Å². The molecule has 1 aliphatic rings. The van der Waals surface area contributed by atoms with Gasteiger partial charge in [0.1, 0.15) is 0 Å². The largest absolute Gasteiger partial charge is 0.454 e. The minimum Gasteiger partial charge on any atom is -0.454 e. The van der Waals surface area contributed by atoms with Crippen molar-refractivity contribution in [3.8, 4) is 11.5 Å². The fraction of sp³-hybridized carbons (Fsp3) is 0.286. The molecule has 110 valence electrons.